The molecule has 1 unspecified atom stereocenters. The van der Waals surface area contributed by atoms with E-state index < -0.39 is 24.8 Å². The minimum atomic E-state index is -1.11. The van der Waals surface area contributed by atoms with Crippen LogP contribution in [0.25, 0.3) is 0 Å². The summed E-state index contributed by atoms with van der Waals surface area (Å²) >= 11 is 49.2. The van der Waals surface area contributed by atoms with E-state index in [0.29, 0.717) is 12.0 Å². The van der Waals surface area contributed by atoms with Gasteiger partial charge in [-0.25, -0.2) is 0 Å². The van der Waals surface area contributed by atoms with Crippen molar-refractivity contribution in [1.82, 2.24) is 0 Å². The largest absolute Gasteiger partial charge is 0.141 e. The SMILES string of the molecule is Cl/C=C1\C2C[C@H]([C@H](Cl)C2(Cl)Cl)C1(C(Cl)Cl)C(Cl)Cl. The molecule has 0 aliphatic heterocycles. The molecule has 8 heteroatoms. The highest BCUT2D eigenvalue weighted by molar-refractivity contribution is 6.54. The molecule has 0 nitrogen and oxygen atoms in total. The van der Waals surface area contributed by atoms with Crippen LogP contribution in [-0.2, 0) is 0 Å². The predicted octanol–water partition coefficient (Wildman–Crippen LogP) is 6.13. The monoisotopic (exact) mass is 408 g/mol. The molecule has 2 aliphatic carbocycles. The molecule has 0 amide bonds. The molecule has 0 radical (unpaired) electrons. The van der Waals surface area contributed by atoms with Crippen LogP contribution in [0.1, 0.15) is 6.42 Å². The van der Waals surface area contributed by atoms with Gasteiger partial charge in [0, 0.05) is 11.5 Å². The van der Waals surface area contributed by atoms with E-state index in [-0.39, 0.29) is 11.8 Å². The van der Waals surface area contributed by atoms with E-state index in [4.69, 9.17) is 92.8 Å². The standard InChI is InChI=1S/C10H8Cl8/c11-2-5-3-1-4(6(12)10(3,17)18)9(5,7(13)14)8(15)16/h2-4,6-8H,1H2/b5-2+/t3?,4-,6+/m1/s1. The number of alkyl halides is 7. The maximum Gasteiger partial charge on any atom is 0.141 e. The summed E-state index contributed by atoms with van der Waals surface area (Å²) in [7, 11) is 0. The molecular formula is C10H8Cl8. The Balaban J connectivity index is 2.58. The van der Waals surface area contributed by atoms with Crippen LogP contribution in [0.2, 0.25) is 0 Å². The van der Waals surface area contributed by atoms with Gasteiger partial charge in [-0.15, -0.1) is 58.0 Å². The Bertz CT molecular complexity index is 366. The Morgan fingerprint density at radius 3 is 2.00 bits per heavy atom. The van der Waals surface area contributed by atoms with E-state index in [9.17, 15) is 0 Å². The smallest absolute Gasteiger partial charge is 0.119 e. The second kappa shape index (κ2) is 5.36. The lowest BCUT2D eigenvalue weighted by Gasteiger charge is -2.47. The predicted molar refractivity (Wildman–Crippen MR) is 83.0 cm³/mol. The fraction of sp³-hybridized carbons (Fsp3) is 0.800. The molecule has 3 atom stereocenters. The first-order chi connectivity index (χ1) is 8.22. The van der Waals surface area contributed by atoms with E-state index in [1.807, 2.05) is 0 Å². The van der Waals surface area contributed by atoms with Crippen LogP contribution >= 0.6 is 92.8 Å². The summed E-state index contributed by atoms with van der Waals surface area (Å²) in [5.74, 6) is -0.463. The van der Waals surface area contributed by atoms with Crippen molar-refractivity contribution >= 4 is 92.8 Å². The Labute approximate surface area is 146 Å². The number of halogens is 8. The van der Waals surface area contributed by atoms with Crippen molar-refractivity contribution < 1.29 is 0 Å². The molecule has 2 fully saturated rings. The molecule has 0 aromatic rings. The Morgan fingerprint density at radius 1 is 1.11 bits per heavy atom. The highest BCUT2D eigenvalue weighted by Crippen LogP contribution is 2.72. The highest BCUT2D eigenvalue weighted by atomic mass is 35.5. The molecule has 0 heterocycles. The maximum absolute atomic E-state index is 6.33. The molecule has 104 valence electrons. The summed E-state index contributed by atoms with van der Waals surface area (Å²) in [4.78, 5) is -1.69. The number of hydrogen-bond acceptors (Lipinski definition) is 0. The normalized spacial score (nSPS) is 39.2. The van der Waals surface area contributed by atoms with E-state index in [0.717, 1.165) is 0 Å². The molecular weight excluding hydrogens is 404 g/mol. The van der Waals surface area contributed by atoms with Gasteiger partial charge in [-0.2, -0.15) is 0 Å². The van der Waals surface area contributed by atoms with Crippen molar-refractivity contribution in [3.05, 3.63) is 11.1 Å². The fourth-order valence-corrected chi connectivity index (χ4v) is 6.55. The van der Waals surface area contributed by atoms with Gasteiger partial charge in [0.1, 0.15) is 14.0 Å². The molecule has 18 heavy (non-hydrogen) atoms. The minimum Gasteiger partial charge on any atom is -0.119 e. The molecule has 2 aliphatic rings. The van der Waals surface area contributed by atoms with Gasteiger partial charge >= 0.3 is 0 Å². The van der Waals surface area contributed by atoms with Gasteiger partial charge in [0.05, 0.1) is 10.8 Å². The lowest BCUT2D eigenvalue weighted by Crippen LogP contribution is -2.51. The number of allylic oxidation sites excluding steroid dienone is 1. The van der Waals surface area contributed by atoms with Crippen molar-refractivity contribution in [2.45, 2.75) is 25.8 Å². The van der Waals surface area contributed by atoms with Crippen LogP contribution in [-0.4, -0.2) is 19.4 Å². The van der Waals surface area contributed by atoms with Gasteiger partial charge in [0.25, 0.3) is 0 Å². The third kappa shape index (κ3) is 1.94. The zero-order valence-electron chi connectivity index (χ0n) is 8.69. The van der Waals surface area contributed by atoms with Crippen molar-refractivity contribution in [3.63, 3.8) is 0 Å². The summed E-state index contributed by atoms with van der Waals surface area (Å²) in [6.07, 6.45) is 0.617. The summed E-state index contributed by atoms with van der Waals surface area (Å²) in [5.41, 5.74) is 1.15. The highest BCUT2D eigenvalue weighted by Gasteiger charge is 2.72. The van der Waals surface area contributed by atoms with Crippen LogP contribution in [0, 0.1) is 17.3 Å². The third-order valence-electron chi connectivity index (χ3n) is 4.00. The first kappa shape index (κ1) is 16.4. The van der Waals surface area contributed by atoms with E-state index in [2.05, 4.69) is 0 Å². The molecule has 2 rings (SSSR count). The molecule has 0 aromatic carbocycles. The zero-order chi connectivity index (χ0) is 13.9. The van der Waals surface area contributed by atoms with Gasteiger partial charge in [0.2, 0.25) is 0 Å². The lowest BCUT2D eigenvalue weighted by atomic mass is 9.72. The topological polar surface area (TPSA) is 0 Å². The van der Waals surface area contributed by atoms with E-state index in [1.54, 1.807) is 0 Å². The molecule has 0 spiro atoms. The van der Waals surface area contributed by atoms with E-state index >= 15 is 0 Å². The van der Waals surface area contributed by atoms with E-state index in [1.165, 1.54) is 5.54 Å². The lowest BCUT2D eigenvalue weighted by molar-refractivity contribution is 0.268. The first-order valence-corrected chi connectivity index (χ1v) is 8.48. The van der Waals surface area contributed by atoms with Crippen molar-refractivity contribution in [1.29, 1.82) is 0 Å². The third-order valence-corrected chi connectivity index (χ3v) is 7.55. The van der Waals surface area contributed by atoms with Gasteiger partial charge in [-0.1, -0.05) is 34.8 Å². The van der Waals surface area contributed by atoms with Gasteiger partial charge < -0.3 is 0 Å². The van der Waals surface area contributed by atoms with Crippen LogP contribution < -0.4 is 0 Å². The zero-order valence-corrected chi connectivity index (χ0v) is 14.7. The Hall–Kier alpha value is 2.06. The quantitative estimate of drug-likeness (QED) is 0.479. The maximum atomic E-state index is 6.33. The Kier molecular flexibility index (Phi) is 4.89. The van der Waals surface area contributed by atoms with Crippen LogP contribution in [0.5, 0.6) is 0 Å². The van der Waals surface area contributed by atoms with Crippen LogP contribution in [0.3, 0.4) is 0 Å². The average molecular weight is 412 g/mol. The van der Waals surface area contributed by atoms with Crippen LogP contribution in [0.4, 0.5) is 0 Å². The second-order valence-electron chi connectivity index (χ2n) is 4.57. The summed E-state index contributed by atoms with van der Waals surface area (Å²) in [6, 6.07) is 0. The van der Waals surface area contributed by atoms with Gasteiger partial charge in [0.15, 0.2) is 0 Å². The van der Waals surface area contributed by atoms with Crippen molar-refractivity contribution in [3.8, 4) is 0 Å². The number of hydrogen-bond donors (Lipinski definition) is 0. The minimum absolute atomic E-state index is 0.218. The fourth-order valence-electron chi connectivity index (χ4n) is 3.12. The van der Waals surface area contributed by atoms with Crippen LogP contribution in [0.15, 0.2) is 11.1 Å². The van der Waals surface area contributed by atoms with Gasteiger partial charge in [-0.05, 0) is 17.9 Å². The summed E-state index contributed by atoms with van der Waals surface area (Å²) in [6.45, 7) is 0. The Morgan fingerprint density at radius 2 is 1.61 bits per heavy atom. The van der Waals surface area contributed by atoms with Crippen molar-refractivity contribution in [2.75, 3.05) is 0 Å². The second-order valence-corrected chi connectivity index (χ2v) is 8.90. The molecule has 0 N–H and O–H groups in total. The average Bonchev–Trinajstić information content (AvgIpc) is 2.72. The summed E-state index contributed by atoms with van der Waals surface area (Å²) in [5, 5.41) is -0.536. The van der Waals surface area contributed by atoms with Crippen molar-refractivity contribution in [2.24, 2.45) is 17.3 Å². The summed E-state index contributed by atoms with van der Waals surface area (Å²) < 4.78 is -1.11. The molecule has 0 saturated heterocycles. The molecule has 0 aromatic heterocycles. The van der Waals surface area contributed by atoms with Gasteiger partial charge in [-0.3, -0.25) is 0 Å². The number of fused-ring (bicyclic) bond motifs is 2. The molecule has 2 saturated carbocycles. The first-order valence-electron chi connectivity index (χ1n) is 5.11. The molecule has 2 bridgehead atoms. The number of rotatable bonds is 2.